The zero-order valence-corrected chi connectivity index (χ0v) is 24.2. The first kappa shape index (κ1) is 30.5. The second-order valence-corrected chi connectivity index (χ2v) is 11.1. The maximum Gasteiger partial charge on any atom is 0.244 e. The lowest BCUT2D eigenvalue weighted by atomic mass is 10.0. The first-order valence-corrected chi connectivity index (χ1v) is 15.0. The second-order valence-electron chi connectivity index (χ2n) is 9.14. The number of rotatable bonds is 14. The molecule has 0 spiro atoms. The van der Waals surface area contributed by atoms with Crippen molar-refractivity contribution in [3.63, 3.8) is 0 Å². The summed E-state index contributed by atoms with van der Waals surface area (Å²) in [6.07, 6.45) is 1.29. The highest BCUT2D eigenvalue weighted by molar-refractivity contribution is 7.92. The van der Waals surface area contributed by atoms with Crippen LogP contribution in [-0.4, -0.2) is 64.2 Å². The number of amides is 2. The van der Waals surface area contributed by atoms with Gasteiger partial charge in [-0.1, -0.05) is 54.6 Å². The van der Waals surface area contributed by atoms with Crippen LogP contribution < -0.4 is 19.1 Å². The van der Waals surface area contributed by atoms with Gasteiger partial charge >= 0.3 is 0 Å². The van der Waals surface area contributed by atoms with Crippen LogP contribution in [0.4, 0.5) is 5.69 Å². The molecule has 0 bridgehead atoms. The summed E-state index contributed by atoms with van der Waals surface area (Å²) in [5.74, 6) is 0.0769. The summed E-state index contributed by atoms with van der Waals surface area (Å²) in [5, 5.41) is 2.84. The average molecular weight is 568 g/mol. The molecule has 0 unspecified atom stereocenters. The van der Waals surface area contributed by atoms with Crippen molar-refractivity contribution in [1.82, 2.24) is 10.2 Å². The highest BCUT2D eigenvalue weighted by Gasteiger charge is 2.33. The van der Waals surface area contributed by atoms with E-state index in [0.717, 1.165) is 21.7 Å². The van der Waals surface area contributed by atoms with E-state index in [1.165, 1.54) is 4.90 Å². The molecule has 3 aromatic carbocycles. The first-order valence-electron chi connectivity index (χ1n) is 13.1. The molecule has 0 aliphatic carbocycles. The smallest absolute Gasteiger partial charge is 0.244 e. The van der Waals surface area contributed by atoms with Crippen LogP contribution in [0.5, 0.6) is 11.5 Å². The van der Waals surface area contributed by atoms with Gasteiger partial charge in [-0.3, -0.25) is 13.9 Å². The van der Waals surface area contributed by atoms with Crippen LogP contribution in [0.3, 0.4) is 0 Å². The van der Waals surface area contributed by atoms with E-state index in [4.69, 9.17) is 9.47 Å². The van der Waals surface area contributed by atoms with Gasteiger partial charge in [0, 0.05) is 19.5 Å². The number of sulfonamides is 1. The standard InChI is InChI=1S/C30H37N3O6S/c1-5-31-30(35)27(20-23-13-8-7-9-14-23)32(21-24-15-12-16-25(19-24)38-3)29(34)22-33(40(4,36)37)26-17-10-11-18-28(26)39-6-2/h7-19,27H,5-6,20-22H2,1-4H3,(H,31,35)/t27-/m0/s1. The molecule has 214 valence electrons. The Bertz CT molecular complexity index is 1380. The highest BCUT2D eigenvalue weighted by atomic mass is 32.2. The molecule has 40 heavy (non-hydrogen) atoms. The summed E-state index contributed by atoms with van der Waals surface area (Å²) in [6.45, 7) is 3.85. The Morgan fingerprint density at radius 1 is 0.925 bits per heavy atom. The minimum Gasteiger partial charge on any atom is -0.497 e. The fraction of sp³-hybridized carbons (Fsp3) is 0.333. The molecule has 0 radical (unpaired) electrons. The van der Waals surface area contributed by atoms with Crippen LogP contribution in [0.25, 0.3) is 0 Å². The van der Waals surface area contributed by atoms with E-state index in [9.17, 15) is 18.0 Å². The van der Waals surface area contributed by atoms with Gasteiger partial charge in [-0.2, -0.15) is 0 Å². The van der Waals surface area contributed by atoms with Crippen molar-refractivity contribution in [1.29, 1.82) is 0 Å². The molecular formula is C30H37N3O6S. The lowest BCUT2D eigenvalue weighted by molar-refractivity contribution is -0.140. The maximum atomic E-state index is 14.1. The highest BCUT2D eigenvalue weighted by Crippen LogP contribution is 2.30. The SMILES string of the molecule is CCNC(=O)[C@H](Cc1ccccc1)N(Cc1cccc(OC)c1)C(=O)CN(c1ccccc1OCC)S(C)(=O)=O. The number of carbonyl (C=O) groups excluding carboxylic acids is 2. The normalized spacial score (nSPS) is 11.8. The van der Waals surface area contributed by atoms with E-state index in [1.807, 2.05) is 43.3 Å². The van der Waals surface area contributed by atoms with Crippen LogP contribution in [0.15, 0.2) is 78.9 Å². The van der Waals surface area contributed by atoms with Crippen molar-refractivity contribution in [2.24, 2.45) is 0 Å². The molecule has 0 saturated heterocycles. The molecule has 0 aromatic heterocycles. The summed E-state index contributed by atoms with van der Waals surface area (Å²) >= 11 is 0. The van der Waals surface area contributed by atoms with Crippen LogP contribution >= 0.6 is 0 Å². The molecule has 0 aliphatic heterocycles. The van der Waals surface area contributed by atoms with Gasteiger partial charge in [0.1, 0.15) is 24.1 Å². The minimum absolute atomic E-state index is 0.0649. The molecule has 1 N–H and O–H groups in total. The van der Waals surface area contributed by atoms with E-state index in [-0.39, 0.29) is 24.6 Å². The van der Waals surface area contributed by atoms with E-state index in [0.29, 0.717) is 24.7 Å². The molecular weight excluding hydrogens is 530 g/mol. The number of benzene rings is 3. The summed E-state index contributed by atoms with van der Waals surface area (Å²) in [6, 6.07) is 22.4. The molecule has 0 saturated carbocycles. The predicted octanol–water partition coefficient (Wildman–Crippen LogP) is 3.64. The third kappa shape index (κ3) is 8.22. The number of hydrogen-bond donors (Lipinski definition) is 1. The number of likely N-dealkylation sites (N-methyl/N-ethyl adjacent to an activating group) is 1. The molecule has 3 aromatic rings. The number of ether oxygens (including phenoxy) is 2. The van der Waals surface area contributed by atoms with Gasteiger partial charge in [-0.25, -0.2) is 8.42 Å². The second kappa shape index (κ2) is 14.4. The van der Waals surface area contributed by atoms with Crippen LogP contribution in [-0.2, 0) is 32.6 Å². The number of methoxy groups -OCH3 is 1. The van der Waals surface area contributed by atoms with Gasteiger partial charge in [-0.05, 0) is 49.2 Å². The maximum absolute atomic E-state index is 14.1. The van der Waals surface area contributed by atoms with E-state index in [1.54, 1.807) is 56.5 Å². The Kier molecular flexibility index (Phi) is 11.0. The monoisotopic (exact) mass is 567 g/mol. The van der Waals surface area contributed by atoms with Gasteiger partial charge in [0.25, 0.3) is 0 Å². The molecule has 0 fully saturated rings. The number of nitrogens with zero attached hydrogens (tertiary/aromatic N) is 2. The lowest BCUT2D eigenvalue weighted by Gasteiger charge is -2.33. The summed E-state index contributed by atoms with van der Waals surface area (Å²) in [4.78, 5) is 29.0. The van der Waals surface area contributed by atoms with Crippen molar-refractivity contribution >= 4 is 27.5 Å². The number of hydrogen-bond acceptors (Lipinski definition) is 6. The zero-order chi connectivity index (χ0) is 29.1. The van der Waals surface area contributed by atoms with Crippen molar-refractivity contribution in [2.45, 2.75) is 32.9 Å². The van der Waals surface area contributed by atoms with Gasteiger partial charge < -0.3 is 19.7 Å². The number of anilines is 1. The topological polar surface area (TPSA) is 105 Å². The van der Waals surface area contributed by atoms with Crippen molar-refractivity contribution in [3.8, 4) is 11.5 Å². The predicted molar refractivity (Wildman–Crippen MR) is 156 cm³/mol. The first-order chi connectivity index (χ1) is 19.2. The van der Waals surface area contributed by atoms with Crippen molar-refractivity contribution in [3.05, 3.63) is 90.0 Å². The quantitative estimate of drug-likeness (QED) is 0.319. The zero-order valence-electron chi connectivity index (χ0n) is 23.4. The van der Waals surface area contributed by atoms with Gasteiger partial charge in [-0.15, -0.1) is 0 Å². The third-order valence-electron chi connectivity index (χ3n) is 6.22. The lowest BCUT2D eigenvalue weighted by Crippen LogP contribution is -2.53. The van der Waals surface area contributed by atoms with Crippen LogP contribution in [0.1, 0.15) is 25.0 Å². The van der Waals surface area contributed by atoms with E-state index >= 15 is 0 Å². The summed E-state index contributed by atoms with van der Waals surface area (Å²) in [5.41, 5.74) is 1.85. The molecule has 0 aliphatic rings. The Balaban J connectivity index is 2.07. The largest absolute Gasteiger partial charge is 0.497 e. The Labute approximate surface area is 236 Å². The number of para-hydroxylation sites is 2. The Morgan fingerprint density at radius 3 is 2.25 bits per heavy atom. The van der Waals surface area contributed by atoms with Crippen LogP contribution in [0, 0.1) is 0 Å². The van der Waals surface area contributed by atoms with Gasteiger partial charge in [0.15, 0.2) is 0 Å². The van der Waals surface area contributed by atoms with E-state index < -0.39 is 28.5 Å². The van der Waals surface area contributed by atoms with Crippen molar-refractivity contribution in [2.75, 3.05) is 37.4 Å². The van der Waals surface area contributed by atoms with E-state index in [2.05, 4.69) is 5.32 Å². The van der Waals surface area contributed by atoms with Gasteiger partial charge in [0.05, 0.1) is 25.7 Å². The van der Waals surface area contributed by atoms with Gasteiger partial charge in [0.2, 0.25) is 21.8 Å². The number of nitrogens with one attached hydrogen (secondary N) is 1. The molecule has 0 heterocycles. The fourth-order valence-electron chi connectivity index (χ4n) is 4.35. The summed E-state index contributed by atoms with van der Waals surface area (Å²) in [7, 11) is -2.35. The Hall–Kier alpha value is -4.05. The molecule has 9 nitrogen and oxygen atoms in total. The van der Waals surface area contributed by atoms with Crippen molar-refractivity contribution < 1.29 is 27.5 Å². The molecule has 3 rings (SSSR count). The fourth-order valence-corrected chi connectivity index (χ4v) is 5.20. The Morgan fingerprint density at radius 2 is 1.60 bits per heavy atom. The summed E-state index contributed by atoms with van der Waals surface area (Å²) < 4.78 is 38.0. The average Bonchev–Trinajstić information content (AvgIpc) is 2.94. The molecule has 1 atom stereocenters. The third-order valence-corrected chi connectivity index (χ3v) is 7.35. The van der Waals surface area contributed by atoms with Crippen LogP contribution in [0.2, 0.25) is 0 Å². The molecule has 10 heteroatoms. The number of carbonyl (C=O) groups is 2. The minimum atomic E-state index is -3.90. The molecule has 2 amide bonds.